The van der Waals surface area contributed by atoms with Crippen LogP contribution in [0.4, 0.5) is 17.2 Å². The molecule has 0 radical (unpaired) electrons. The predicted molar refractivity (Wildman–Crippen MR) is 115 cm³/mol. The number of anilines is 3. The molecule has 2 aromatic carbocycles. The number of sulfonamides is 1. The van der Waals surface area contributed by atoms with Crippen LogP contribution in [-0.4, -0.2) is 13.4 Å². The number of aromatic nitrogens is 1. The molecule has 28 heavy (non-hydrogen) atoms. The van der Waals surface area contributed by atoms with Gasteiger partial charge in [-0.3, -0.25) is 4.72 Å². The molecule has 5 nitrogen and oxygen atoms in total. The fourth-order valence-electron chi connectivity index (χ4n) is 2.91. The molecule has 0 aliphatic rings. The fourth-order valence-corrected chi connectivity index (χ4v) is 3.96. The second kappa shape index (κ2) is 8.02. The van der Waals surface area contributed by atoms with Gasteiger partial charge < -0.3 is 5.32 Å². The van der Waals surface area contributed by atoms with E-state index in [1.54, 1.807) is 24.3 Å². The van der Waals surface area contributed by atoms with Gasteiger partial charge in [0.05, 0.1) is 16.8 Å². The van der Waals surface area contributed by atoms with Crippen molar-refractivity contribution in [3.05, 3.63) is 77.5 Å². The van der Waals surface area contributed by atoms with Crippen molar-refractivity contribution in [1.82, 2.24) is 4.98 Å². The first-order chi connectivity index (χ1) is 13.3. The number of hydrogen-bond donors (Lipinski definition) is 2. The second-order valence-corrected chi connectivity index (χ2v) is 8.84. The molecule has 0 amide bonds. The molecule has 0 aliphatic heterocycles. The highest BCUT2D eigenvalue weighted by molar-refractivity contribution is 7.92. The lowest BCUT2D eigenvalue weighted by atomic mass is 10.0. The van der Waals surface area contributed by atoms with E-state index >= 15 is 0 Å². The minimum atomic E-state index is -3.65. The molecule has 0 aliphatic carbocycles. The molecular formula is C22H25N3O2S. The number of pyridine rings is 1. The maximum atomic E-state index is 12.6. The summed E-state index contributed by atoms with van der Waals surface area (Å²) >= 11 is 0. The summed E-state index contributed by atoms with van der Waals surface area (Å²) in [6.45, 7) is 8.20. The van der Waals surface area contributed by atoms with Gasteiger partial charge in [0, 0.05) is 5.69 Å². The topological polar surface area (TPSA) is 71.1 Å². The van der Waals surface area contributed by atoms with Gasteiger partial charge in [0.15, 0.2) is 0 Å². The number of nitrogens with one attached hydrogen (secondary N) is 2. The lowest BCUT2D eigenvalue weighted by Crippen LogP contribution is -2.13. The summed E-state index contributed by atoms with van der Waals surface area (Å²) in [5.41, 5.74) is 4.77. The zero-order valence-electron chi connectivity index (χ0n) is 16.5. The van der Waals surface area contributed by atoms with Gasteiger partial charge in [0.25, 0.3) is 10.0 Å². The van der Waals surface area contributed by atoms with Gasteiger partial charge >= 0.3 is 0 Å². The highest BCUT2D eigenvalue weighted by atomic mass is 32.2. The van der Waals surface area contributed by atoms with Gasteiger partial charge in [0.2, 0.25) is 0 Å². The third-order valence-corrected chi connectivity index (χ3v) is 6.00. The van der Waals surface area contributed by atoms with Crippen LogP contribution in [0.25, 0.3) is 0 Å². The van der Waals surface area contributed by atoms with E-state index < -0.39 is 10.0 Å². The van der Waals surface area contributed by atoms with E-state index in [0.29, 0.717) is 17.4 Å². The molecule has 3 rings (SSSR count). The van der Waals surface area contributed by atoms with E-state index in [4.69, 9.17) is 0 Å². The molecule has 0 saturated carbocycles. The smallest absolute Gasteiger partial charge is 0.261 e. The Labute approximate surface area is 166 Å². The minimum absolute atomic E-state index is 0.231. The molecule has 0 saturated heterocycles. The molecule has 0 atom stereocenters. The normalized spacial score (nSPS) is 11.5. The van der Waals surface area contributed by atoms with Crippen LogP contribution in [-0.2, 0) is 10.0 Å². The highest BCUT2D eigenvalue weighted by Gasteiger charge is 2.15. The summed E-state index contributed by atoms with van der Waals surface area (Å²) in [4.78, 5) is 4.56. The lowest BCUT2D eigenvalue weighted by Gasteiger charge is -2.13. The first-order valence-electron chi connectivity index (χ1n) is 9.18. The van der Waals surface area contributed by atoms with Gasteiger partial charge in [-0.05, 0) is 60.7 Å². The number of para-hydroxylation sites is 1. The minimum Gasteiger partial charge on any atom is -0.340 e. The summed E-state index contributed by atoms with van der Waals surface area (Å²) in [5, 5.41) is 3.29. The van der Waals surface area contributed by atoms with Crippen LogP contribution in [0.2, 0.25) is 0 Å². The Morgan fingerprint density at radius 2 is 1.54 bits per heavy atom. The van der Waals surface area contributed by atoms with Crippen molar-refractivity contribution in [2.45, 2.75) is 38.5 Å². The largest absolute Gasteiger partial charge is 0.340 e. The van der Waals surface area contributed by atoms with Crippen molar-refractivity contribution in [3.8, 4) is 0 Å². The van der Waals surface area contributed by atoms with Crippen molar-refractivity contribution < 1.29 is 8.42 Å². The maximum Gasteiger partial charge on any atom is 0.261 e. The van der Waals surface area contributed by atoms with Crippen LogP contribution in [0, 0.1) is 13.8 Å². The molecule has 0 fully saturated rings. The van der Waals surface area contributed by atoms with Crippen molar-refractivity contribution in [3.63, 3.8) is 0 Å². The molecule has 0 bridgehead atoms. The SMILES string of the molecule is Cc1cccc(C)c1Nc1ccc(NS(=O)(=O)c2ccc(C(C)C)cc2)cn1. The van der Waals surface area contributed by atoms with E-state index in [1.165, 1.54) is 6.20 Å². The van der Waals surface area contributed by atoms with Crippen molar-refractivity contribution >= 4 is 27.2 Å². The van der Waals surface area contributed by atoms with Crippen molar-refractivity contribution in [2.24, 2.45) is 0 Å². The fraction of sp³-hybridized carbons (Fsp3) is 0.227. The van der Waals surface area contributed by atoms with Crippen molar-refractivity contribution in [1.29, 1.82) is 0 Å². The molecule has 1 heterocycles. The zero-order valence-corrected chi connectivity index (χ0v) is 17.3. The summed E-state index contributed by atoms with van der Waals surface area (Å²) in [6, 6.07) is 16.5. The van der Waals surface area contributed by atoms with E-state index in [2.05, 4.69) is 28.9 Å². The Bertz CT molecular complexity index is 1040. The summed E-state index contributed by atoms with van der Waals surface area (Å²) in [5.74, 6) is 1.01. The number of rotatable bonds is 6. The number of nitrogens with zero attached hydrogens (tertiary/aromatic N) is 1. The molecular weight excluding hydrogens is 370 g/mol. The van der Waals surface area contributed by atoms with Gasteiger partial charge in [-0.2, -0.15) is 0 Å². The molecule has 6 heteroatoms. The Kier molecular flexibility index (Phi) is 5.70. The van der Waals surface area contributed by atoms with Gasteiger partial charge in [-0.1, -0.05) is 44.2 Å². The Morgan fingerprint density at radius 1 is 0.893 bits per heavy atom. The van der Waals surface area contributed by atoms with Crippen LogP contribution in [0.15, 0.2) is 65.7 Å². The van der Waals surface area contributed by atoms with Gasteiger partial charge in [0.1, 0.15) is 5.82 Å². The number of aryl methyl sites for hydroxylation is 2. The third kappa shape index (κ3) is 4.51. The van der Waals surface area contributed by atoms with Gasteiger partial charge in [-0.25, -0.2) is 13.4 Å². The lowest BCUT2D eigenvalue weighted by molar-refractivity contribution is 0.601. The van der Waals surface area contributed by atoms with E-state index in [9.17, 15) is 8.42 Å². The predicted octanol–water partition coefficient (Wildman–Crippen LogP) is 5.37. The number of hydrogen-bond acceptors (Lipinski definition) is 4. The van der Waals surface area contributed by atoms with E-state index in [-0.39, 0.29) is 4.90 Å². The standard InChI is InChI=1S/C22H25N3O2S/c1-15(2)18-8-11-20(12-9-18)28(26,27)25-19-10-13-21(23-14-19)24-22-16(3)6-5-7-17(22)4/h5-15,25H,1-4H3,(H,23,24). The molecule has 0 spiro atoms. The molecule has 1 aromatic heterocycles. The average molecular weight is 396 g/mol. The Balaban J connectivity index is 1.74. The Morgan fingerprint density at radius 3 is 2.07 bits per heavy atom. The van der Waals surface area contributed by atoms with E-state index in [1.807, 2.05) is 44.2 Å². The van der Waals surface area contributed by atoms with Crippen LogP contribution in [0.5, 0.6) is 0 Å². The molecule has 0 unspecified atom stereocenters. The second-order valence-electron chi connectivity index (χ2n) is 7.15. The first kappa shape index (κ1) is 19.9. The van der Waals surface area contributed by atoms with Crippen LogP contribution < -0.4 is 10.0 Å². The van der Waals surface area contributed by atoms with E-state index in [0.717, 1.165) is 22.4 Å². The summed E-state index contributed by atoms with van der Waals surface area (Å²) < 4.78 is 27.8. The zero-order chi connectivity index (χ0) is 20.3. The molecule has 2 N–H and O–H groups in total. The first-order valence-corrected chi connectivity index (χ1v) is 10.7. The average Bonchev–Trinajstić information content (AvgIpc) is 2.66. The summed E-state index contributed by atoms with van der Waals surface area (Å²) in [6.07, 6.45) is 1.51. The van der Waals surface area contributed by atoms with Crippen LogP contribution >= 0.6 is 0 Å². The van der Waals surface area contributed by atoms with Crippen LogP contribution in [0.1, 0.15) is 36.5 Å². The maximum absolute atomic E-state index is 12.6. The summed E-state index contributed by atoms with van der Waals surface area (Å²) in [7, 11) is -3.65. The third-order valence-electron chi connectivity index (χ3n) is 4.61. The van der Waals surface area contributed by atoms with Crippen LogP contribution in [0.3, 0.4) is 0 Å². The molecule has 146 valence electrons. The monoisotopic (exact) mass is 395 g/mol. The number of benzene rings is 2. The molecule has 3 aromatic rings. The highest BCUT2D eigenvalue weighted by Crippen LogP contribution is 2.24. The quantitative estimate of drug-likeness (QED) is 0.589. The van der Waals surface area contributed by atoms with Crippen molar-refractivity contribution in [2.75, 3.05) is 10.0 Å². The Hall–Kier alpha value is -2.86. The van der Waals surface area contributed by atoms with Gasteiger partial charge in [-0.15, -0.1) is 0 Å².